The molecule has 0 spiro atoms. The lowest BCUT2D eigenvalue weighted by atomic mass is 10.2. The van der Waals surface area contributed by atoms with E-state index in [1.807, 2.05) is 7.05 Å². The van der Waals surface area contributed by atoms with E-state index in [0.717, 1.165) is 12.5 Å². The average Bonchev–Trinajstić information content (AvgIpc) is 1.61. The molecule has 0 radical (unpaired) electrons. The predicted octanol–water partition coefficient (Wildman–Crippen LogP) is 0.612. The Morgan fingerprint density at radius 2 is 2.14 bits per heavy atom. The van der Waals surface area contributed by atoms with Crippen molar-refractivity contribution in [3.63, 3.8) is 0 Å². The number of hydrazine groups is 1. The number of hydrogen-bond acceptors (Lipinski definition) is 2. The van der Waals surface area contributed by atoms with Crippen molar-refractivity contribution in [1.82, 2.24) is 10.9 Å². The van der Waals surface area contributed by atoms with Crippen LogP contribution < -0.4 is 10.9 Å². The molecule has 2 nitrogen and oxygen atoms in total. The van der Waals surface area contributed by atoms with Crippen LogP contribution in [-0.4, -0.2) is 13.6 Å². The highest BCUT2D eigenvalue weighted by molar-refractivity contribution is 4.42. The van der Waals surface area contributed by atoms with Gasteiger partial charge in [-0.15, -0.1) is 0 Å². The summed E-state index contributed by atoms with van der Waals surface area (Å²) in [5.41, 5.74) is 5.85. The van der Waals surface area contributed by atoms with Crippen molar-refractivity contribution in [2.45, 2.75) is 13.8 Å². The van der Waals surface area contributed by atoms with E-state index < -0.39 is 0 Å². The van der Waals surface area contributed by atoms with Crippen molar-refractivity contribution in [2.24, 2.45) is 5.92 Å². The van der Waals surface area contributed by atoms with Gasteiger partial charge in [0.05, 0.1) is 0 Å². The van der Waals surface area contributed by atoms with Gasteiger partial charge >= 0.3 is 0 Å². The van der Waals surface area contributed by atoms with Crippen molar-refractivity contribution in [2.75, 3.05) is 13.6 Å². The molecule has 7 heavy (non-hydrogen) atoms. The smallest absolute Gasteiger partial charge is 0.0123 e. The summed E-state index contributed by atoms with van der Waals surface area (Å²) in [7, 11) is 1.88. The van der Waals surface area contributed by atoms with Gasteiger partial charge in [-0.3, -0.25) is 10.9 Å². The molecule has 0 unspecified atom stereocenters. The molecule has 0 aliphatic rings. The second kappa shape index (κ2) is 4.09. The molecule has 0 amide bonds. The van der Waals surface area contributed by atoms with Gasteiger partial charge in [0.2, 0.25) is 0 Å². The van der Waals surface area contributed by atoms with Gasteiger partial charge in [-0.05, 0) is 13.0 Å². The number of nitrogens with one attached hydrogen (secondary N) is 2. The minimum Gasteiger partial charge on any atom is -0.261 e. The van der Waals surface area contributed by atoms with Crippen molar-refractivity contribution in [3.8, 4) is 0 Å². The van der Waals surface area contributed by atoms with E-state index in [1.165, 1.54) is 0 Å². The Balaban J connectivity index is 0. The molecule has 0 heterocycles. The van der Waals surface area contributed by atoms with Crippen LogP contribution in [0.3, 0.4) is 0 Å². The molecule has 0 aromatic rings. The molecule has 0 aliphatic heterocycles. The van der Waals surface area contributed by atoms with Crippen LogP contribution in [-0.2, 0) is 0 Å². The quantitative estimate of drug-likeness (QED) is 0.513. The second-order valence-corrected chi connectivity index (χ2v) is 2.02. The molecule has 0 aromatic carbocycles. The summed E-state index contributed by atoms with van der Waals surface area (Å²) in [6.07, 6.45) is 0. The van der Waals surface area contributed by atoms with Gasteiger partial charge in [0.1, 0.15) is 0 Å². The van der Waals surface area contributed by atoms with Gasteiger partial charge in [-0.1, -0.05) is 13.8 Å². The minimum atomic E-state index is 0. The molecular formula is C5H16N2. The first-order valence-corrected chi connectivity index (χ1v) is 2.67. The minimum absolute atomic E-state index is 0. The molecule has 0 saturated carbocycles. The maximum atomic E-state index is 3.00. The first-order valence-electron chi connectivity index (χ1n) is 2.67. The van der Waals surface area contributed by atoms with Crippen molar-refractivity contribution in [3.05, 3.63) is 0 Å². The lowest BCUT2D eigenvalue weighted by Gasteiger charge is -2.03. The molecule has 0 saturated heterocycles. The molecule has 0 atom stereocenters. The van der Waals surface area contributed by atoms with Crippen LogP contribution in [0.15, 0.2) is 0 Å². The van der Waals surface area contributed by atoms with E-state index in [9.17, 15) is 0 Å². The monoisotopic (exact) mass is 104 g/mol. The van der Waals surface area contributed by atoms with Crippen molar-refractivity contribution in [1.29, 1.82) is 0 Å². The zero-order valence-electron chi connectivity index (χ0n) is 5.28. The Kier molecular flexibility index (Phi) is 4.04. The van der Waals surface area contributed by atoms with Gasteiger partial charge in [0, 0.05) is 7.97 Å². The van der Waals surface area contributed by atoms with Gasteiger partial charge < -0.3 is 0 Å². The molecule has 0 aromatic heterocycles. The third kappa shape index (κ3) is 5.92. The fourth-order valence-corrected chi connectivity index (χ4v) is 0.306. The zero-order chi connectivity index (χ0) is 5.70. The summed E-state index contributed by atoms with van der Waals surface area (Å²) in [5.74, 6) is 0.729. The first-order chi connectivity index (χ1) is 3.27. The summed E-state index contributed by atoms with van der Waals surface area (Å²) in [5, 5.41) is 0. The van der Waals surface area contributed by atoms with E-state index >= 15 is 0 Å². The summed E-state index contributed by atoms with van der Waals surface area (Å²) in [6.45, 7) is 5.38. The predicted molar refractivity (Wildman–Crippen MR) is 34.0 cm³/mol. The third-order valence-corrected chi connectivity index (χ3v) is 0.687. The van der Waals surface area contributed by atoms with Crippen molar-refractivity contribution >= 4 is 0 Å². The van der Waals surface area contributed by atoms with Crippen LogP contribution in [0.1, 0.15) is 15.3 Å². The Labute approximate surface area is 46.8 Å². The zero-order valence-corrected chi connectivity index (χ0v) is 5.28. The summed E-state index contributed by atoms with van der Waals surface area (Å²) in [6, 6.07) is 0. The summed E-state index contributed by atoms with van der Waals surface area (Å²) in [4.78, 5) is 0. The molecule has 2 heteroatoms. The van der Waals surface area contributed by atoms with E-state index in [-0.39, 0.29) is 1.43 Å². The van der Waals surface area contributed by atoms with Gasteiger partial charge in [-0.25, -0.2) is 0 Å². The first kappa shape index (κ1) is 6.92. The van der Waals surface area contributed by atoms with E-state index in [4.69, 9.17) is 0 Å². The standard InChI is InChI=1S/C5H14N2.H2/c1-5(2)4-7-6-3;/h5-7H,4H2,1-3H3;1H. The van der Waals surface area contributed by atoms with Crippen LogP contribution in [0.25, 0.3) is 0 Å². The number of rotatable bonds is 3. The maximum Gasteiger partial charge on any atom is 0.0123 e. The highest BCUT2D eigenvalue weighted by Crippen LogP contribution is 1.83. The summed E-state index contributed by atoms with van der Waals surface area (Å²) < 4.78 is 0. The normalized spacial score (nSPS) is 10.3. The van der Waals surface area contributed by atoms with Gasteiger partial charge in [0.15, 0.2) is 0 Å². The molecule has 46 valence electrons. The topological polar surface area (TPSA) is 24.1 Å². The largest absolute Gasteiger partial charge is 0.261 e. The molecule has 0 aliphatic carbocycles. The lowest BCUT2D eigenvalue weighted by molar-refractivity contribution is 0.505. The molecule has 0 fully saturated rings. The third-order valence-electron chi connectivity index (χ3n) is 0.687. The summed E-state index contributed by atoms with van der Waals surface area (Å²) >= 11 is 0. The lowest BCUT2D eigenvalue weighted by Crippen LogP contribution is -2.30. The van der Waals surface area contributed by atoms with E-state index in [0.29, 0.717) is 0 Å². The van der Waals surface area contributed by atoms with Crippen LogP contribution in [0.2, 0.25) is 0 Å². The Morgan fingerprint density at radius 3 is 2.29 bits per heavy atom. The molecule has 2 N–H and O–H groups in total. The second-order valence-electron chi connectivity index (χ2n) is 2.02. The Morgan fingerprint density at radius 1 is 1.57 bits per heavy atom. The van der Waals surface area contributed by atoms with Gasteiger partial charge in [0.25, 0.3) is 0 Å². The van der Waals surface area contributed by atoms with E-state index in [2.05, 4.69) is 24.7 Å². The van der Waals surface area contributed by atoms with Crippen LogP contribution in [0.5, 0.6) is 0 Å². The highest BCUT2D eigenvalue weighted by atomic mass is 15.3. The Bertz CT molecular complexity index is 39.4. The average molecular weight is 104 g/mol. The van der Waals surface area contributed by atoms with Crippen LogP contribution in [0, 0.1) is 5.92 Å². The maximum absolute atomic E-state index is 3.00. The van der Waals surface area contributed by atoms with Crippen molar-refractivity contribution < 1.29 is 1.43 Å². The fraction of sp³-hybridized carbons (Fsp3) is 1.00. The molecular weight excluding hydrogens is 88.1 g/mol. The van der Waals surface area contributed by atoms with Gasteiger partial charge in [-0.2, -0.15) is 0 Å². The van der Waals surface area contributed by atoms with E-state index in [1.54, 1.807) is 0 Å². The number of hydrogen-bond donors (Lipinski definition) is 2. The Hall–Kier alpha value is -0.0800. The molecule has 0 rings (SSSR count). The van der Waals surface area contributed by atoms with Crippen LogP contribution >= 0.6 is 0 Å². The fourth-order valence-electron chi connectivity index (χ4n) is 0.306. The SMILES string of the molecule is CNNCC(C)C.[HH]. The highest BCUT2D eigenvalue weighted by Gasteiger charge is 1.86. The molecule has 0 bridgehead atoms. The van der Waals surface area contributed by atoms with Crippen LogP contribution in [0.4, 0.5) is 0 Å².